The number of hydrogen-bond donors (Lipinski definition) is 2. The van der Waals surface area contributed by atoms with Crippen LogP contribution in [0, 0.1) is 6.92 Å². The Morgan fingerprint density at radius 1 is 1.30 bits per heavy atom. The summed E-state index contributed by atoms with van der Waals surface area (Å²) >= 11 is 1.43. The van der Waals surface area contributed by atoms with Crippen molar-refractivity contribution in [1.82, 2.24) is 10.3 Å². The van der Waals surface area contributed by atoms with E-state index in [1.807, 2.05) is 25.1 Å². The number of para-hydroxylation sites is 1. The maximum absolute atomic E-state index is 12.4. The fourth-order valence-corrected chi connectivity index (χ4v) is 3.93. The van der Waals surface area contributed by atoms with Gasteiger partial charge in [-0.3, -0.25) is 4.79 Å². The Labute approximate surface area is 141 Å². The molecule has 0 saturated heterocycles. The number of aryl methyl sites for hydroxylation is 2. The highest BCUT2D eigenvalue weighted by atomic mass is 32.1. The van der Waals surface area contributed by atoms with Gasteiger partial charge < -0.3 is 10.6 Å². The zero-order valence-electron chi connectivity index (χ0n) is 13.7. The molecule has 2 N–H and O–H groups in total. The molecule has 1 aliphatic rings. The molecule has 0 bridgehead atoms. The lowest BCUT2D eigenvalue weighted by molar-refractivity contribution is 0.0941. The maximum atomic E-state index is 12.4. The second-order valence-electron chi connectivity index (χ2n) is 6.02. The van der Waals surface area contributed by atoms with Gasteiger partial charge in [-0.2, -0.15) is 0 Å². The molecular weight excluding hydrogens is 306 g/mol. The summed E-state index contributed by atoms with van der Waals surface area (Å²) in [5, 5.41) is 7.28. The number of amides is 1. The molecule has 1 saturated carbocycles. The van der Waals surface area contributed by atoms with Gasteiger partial charge in [0.05, 0.1) is 5.69 Å². The van der Waals surface area contributed by atoms with Gasteiger partial charge in [-0.1, -0.05) is 49.3 Å². The standard InChI is InChI=1S/C18H23N3OS/c1-3-13-8-4-7-11-15(13)21-18-19-12(2)16(23-18)17(22)20-14-9-5-6-10-14/h4,7-8,11,14H,3,5-6,9-10H2,1-2H3,(H,19,21)(H,20,22). The van der Waals surface area contributed by atoms with E-state index >= 15 is 0 Å². The molecule has 122 valence electrons. The first-order valence-corrected chi connectivity index (χ1v) is 9.12. The molecule has 1 heterocycles. The number of rotatable bonds is 5. The van der Waals surface area contributed by atoms with Crippen molar-refractivity contribution in [2.24, 2.45) is 0 Å². The van der Waals surface area contributed by atoms with E-state index in [-0.39, 0.29) is 5.91 Å². The van der Waals surface area contributed by atoms with Crippen molar-refractivity contribution < 1.29 is 4.79 Å². The summed E-state index contributed by atoms with van der Waals surface area (Å²) < 4.78 is 0. The van der Waals surface area contributed by atoms with Crippen molar-refractivity contribution in [1.29, 1.82) is 0 Å². The Balaban J connectivity index is 1.73. The SMILES string of the molecule is CCc1ccccc1Nc1nc(C)c(C(=O)NC2CCCC2)s1. The van der Waals surface area contributed by atoms with Gasteiger partial charge in [-0.15, -0.1) is 0 Å². The summed E-state index contributed by atoms with van der Waals surface area (Å²) in [6.45, 7) is 4.03. The molecule has 3 rings (SSSR count). The molecule has 5 heteroatoms. The molecule has 2 aromatic rings. The molecule has 4 nitrogen and oxygen atoms in total. The Morgan fingerprint density at radius 3 is 2.78 bits per heavy atom. The molecule has 1 aliphatic carbocycles. The van der Waals surface area contributed by atoms with E-state index in [2.05, 4.69) is 28.6 Å². The summed E-state index contributed by atoms with van der Waals surface area (Å²) in [6.07, 6.45) is 5.58. The van der Waals surface area contributed by atoms with Gasteiger partial charge in [0.25, 0.3) is 5.91 Å². The summed E-state index contributed by atoms with van der Waals surface area (Å²) in [7, 11) is 0. The van der Waals surface area contributed by atoms with Crippen LogP contribution in [-0.2, 0) is 6.42 Å². The van der Waals surface area contributed by atoms with Gasteiger partial charge in [0.1, 0.15) is 4.88 Å². The Bertz CT molecular complexity index is 689. The molecule has 1 amide bonds. The van der Waals surface area contributed by atoms with Crippen LogP contribution in [0.25, 0.3) is 0 Å². The first kappa shape index (κ1) is 16.0. The minimum Gasteiger partial charge on any atom is -0.349 e. The van der Waals surface area contributed by atoms with Gasteiger partial charge in [0.2, 0.25) is 0 Å². The second kappa shape index (κ2) is 7.13. The molecule has 0 aliphatic heterocycles. The lowest BCUT2D eigenvalue weighted by atomic mass is 10.1. The number of carbonyl (C=O) groups is 1. The largest absolute Gasteiger partial charge is 0.349 e. The fourth-order valence-electron chi connectivity index (χ4n) is 3.05. The van der Waals surface area contributed by atoms with Crippen LogP contribution in [0.2, 0.25) is 0 Å². The molecule has 23 heavy (non-hydrogen) atoms. The van der Waals surface area contributed by atoms with Crippen molar-refractivity contribution in [3.8, 4) is 0 Å². The molecule has 0 radical (unpaired) electrons. The van der Waals surface area contributed by atoms with Gasteiger partial charge >= 0.3 is 0 Å². The number of thiazole rings is 1. The number of benzene rings is 1. The highest BCUT2D eigenvalue weighted by molar-refractivity contribution is 7.17. The van der Waals surface area contributed by atoms with Crippen LogP contribution in [-0.4, -0.2) is 16.9 Å². The maximum Gasteiger partial charge on any atom is 0.263 e. The predicted molar refractivity (Wildman–Crippen MR) is 95.7 cm³/mol. The average molecular weight is 329 g/mol. The summed E-state index contributed by atoms with van der Waals surface area (Å²) in [5.74, 6) is 0.0173. The minimum absolute atomic E-state index is 0.0173. The number of aromatic nitrogens is 1. The van der Waals surface area contributed by atoms with E-state index in [1.165, 1.54) is 29.7 Å². The third-order valence-electron chi connectivity index (χ3n) is 4.33. The molecule has 1 fully saturated rings. The van der Waals surface area contributed by atoms with Crippen molar-refractivity contribution >= 4 is 28.1 Å². The van der Waals surface area contributed by atoms with Crippen LogP contribution in [0.1, 0.15) is 53.5 Å². The Hall–Kier alpha value is -1.88. The molecule has 1 aromatic carbocycles. The van der Waals surface area contributed by atoms with E-state index in [0.717, 1.165) is 35.8 Å². The molecule has 1 aromatic heterocycles. The summed E-state index contributed by atoms with van der Waals surface area (Å²) in [4.78, 5) is 17.7. The van der Waals surface area contributed by atoms with Crippen LogP contribution in [0.4, 0.5) is 10.8 Å². The van der Waals surface area contributed by atoms with Crippen LogP contribution >= 0.6 is 11.3 Å². The van der Waals surface area contributed by atoms with Crippen LogP contribution in [0.3, 0.4) is 0 Å². The third-order valence-corrected chi connectivity index (χ3v) is 5.40. The van der Waals surface area contributed by atoms with E-state index in [4.69, 9.17) is 0 Å². The monoisotopic (exact) mass is 329 g/mol. The van der Waals surface area contributed by atoms with Gasteiger partial charge in [0.15, 0.2) is 5.13 Å². The highest BCUT2D eigenvalue weighted by Gasteiger charge is 2.21. The van der Waals surface area contributed by atoms with Gasteiger partial charge in [-0.05, 0) is 37.8 Å². The molecule has 0 atom stereocenters. The Kier molecular flexibility index (Phi) is 4.96. The van der Waals surface area contributed by atoms with Crippen LogP contribution < -0.4 is 10.6 Å². The number of anilines is 2. The first-order valence-electron chi connectivity index (χ1n) is 8.30. The lowest BCUT2D eigenvalue weighted by Gasteiger charge is -2.10. The first-order chi connectivity index (χ1) is 11.2. The number of carbonyl (C=O) groups excluding carboxylic acids is 1. The smallest absolute Gasteiger partial charge is 0.263 e. The van der Waals surface area contributed by atoms with Crippen molar-refractivity contribution in [3.63, 3.8) is 0 Å². The van der Waals surface area contributed by atoms with Crippen LogP contribution in [0.5, 0.6) is 0 Å². The van der Waals surface area contributed by atoms with Gasteiger partial charge in [-0.25, -0.2) is 4.98 Å². The fraction of sp³-hybridized carbons (Fsp3) is 0.444. The summed E-state index contributed by atoms with van der Waals surface area (Å²) in [6, 6.07) is 8.54. The van der Waals surface area contributed by atoms with Crippen molar-refractivity contribution in [2.45, 2.75) is 52.0 Å². The number of hydrogen-bond acceptors (Lipinski definition) is 4. The highest BCUT2D eigenvalue weighted by Crippen LogP contribution is 2.28. The van der Waals surface area contributed by atoms with E-state index in [0.29, 0.717) is 10.9 Å². The molecular formula is C18H23N3OS. The lowest BCUT2D eigenvalue weighted by Crippen LogP contribution is -2.32. The molecule has 0 spiro atoms. The minimum atomic E-state index is 0.0173. The van der Waals surface area contributed by atoms with E-state index in [1.54, 1.807) is 0 Å². The summed E-state index contributed by atoms with van der Waals surface area (Å²) in [5.41, 5.74) is 3.10. The third kappa shape index (κ3) is 3.72. The molecule has 0 unspecified atom stereocenters. The topological polar surface area (TPSA) is 54.0 Å². The normalized spacial score (nSPS) is 14.9. The van der Waals surface area contributed by atoms with Gasteiger partial charge in [0, 0.05) is 11.7 Å². The second-order valence-corrected chi connectivity index (χ2v) is 7.02. The Morgan fingerprint density at radius 2 is 2.04 bits per heavy atom. The van der Waals surface area contributed by atoms with E-state index < -0.39 is 0 Å². The van der Waals surface area contributed by atoms with Crippen molar-refractivity contribution in [2.75, 3.05) is 5.32 Å². The van der Waals surface area contributed by atoms with Crippen molar-refractivity contribution in [3.05, 3.63) is 40.4 Å². The van der Waals surface area contributed by atoms with Crippen LogP contribution in [0.15, 0.2) is 24.3 Å². The van der Waals surface area contributed by atoms with E-state index in [9.17, 15) is 4.79 Å². The average Bonchev–Trinajstić information content (AvgIpc) is 3.17. The quantitative estimate of drug-likeness (QED) is 0.853. The zero-order valence-corrected chi connectivity index (χ0v) is 14.5. The zero-order chi connectivity index (χ0) is 16.2. The predicted octanol–water partition coefficient (Wildman–Crippen LogP) is 4.43. The number of nitrogens with zero attached hydrogens (tertiary/aromatic N) is 1. The number of nitrogens with one attached hydrogen (secondary N) is 2.